The lowest BCUT2D eigenvalue weighted by Crippen LogP contribution is -1.99. The molecule has 0 atom stereocenters. The minimum absolute atomic E-state index is 0.0386. The Kier molecular flexibility index (Phi) is 3.76. The number of benzene rings is 1. The monoisotopic (exact) mass is 238 g/mol. The van der Waals surface area contributed by atoms with Crippen LogP contribution in [-0.2, 0) is 0 Å². The van der Waals surface area contributed by atoms with Gasteiger partial charge in [-0.1, -0.05) is 6.08 Å². The molecule has 0 saturated carbocycles. The van der Waals surface area contributed by atoms with E-state index in [2.05, 4.69) is 0 Å². The van der Waals surface area contributed by atoms with E-state index < -0.39 is 9.85 Å². The minimum atomic E-state index is -0.676. The number of nitro groups is 2. The lowest BCUT2D eigenvalue weighted by molar-refractivity contribution is -0.394. The molecule has 0 fully saturated rings. The summed E-state index contributed by atoms with van der Waals surface area (Å²) < 4.78 is 4.80. The lowest BCUT2D eigenvalue weighted by Gasteiger charge is -2.03. The van der Waals surface area contributed by atoms with Crippen LogP contribution in [0.25, 0.3) is 6.08 Å². The summed E-state index contributed by atoms with van der Waals surface area (Å²) >= 11 is 0. The molecule has 17 heavy (non-hydrogen) atoms. The fourth-order valence-corrected chi connectivity index (χ4v) is 1.36. The molecule has 0 bridgehead atoms. The van der Waals surface area contributed by atoms with Crippen molar-refractivity contribution in [2.75, 3.05) is 7.11 Å². The zero-order valence-corrected chi connectivity index (χ0v) is 9.25. The standard InChI is InChI=1S/C10H10N2O5/c1-3-4-8-9(11(13)14)5-7(17-2)6-10(8)12(15)16/h3-6H,1-2H3. The van der Waals surface area contributed by atoms with Gasteiger partial charge in [-0.05, 0) is 13.0 Å². The van der Waals surface area contributed by atoms with Crippen LogP contribution in [0.5, 0.6) is 5.75 Å². The van der Waals surface area contributed by atoms with E-state index in [1.54, 1.807) is 6.92 Å². The van der Waals surface area contributed by atoms with Crippen molar-refractivity contribution in [3.05, 3.63) is 44.0 Å². The number of allylic oxidation sites excluding steroid dienone is 1. The Morgan fingerprint density at radius 2 is 1.65 bits per heavy atom. The molecule has 0 aliphatic rings. The van der Waals surface area contributed by atoms with Crippen LogP contribution in [0.15, 0.2) is 18.2 Å². The highest BCUT2D eigenvalue weighted by molar-refractivity contribution is 5.72. The Morgan fingerprint density at radius 1 is 1.18 bits per heavy atom. The van der Waals surface area contributed by atoms with Gasteiger partial charge in [0.05, 0.1) is 29.1 Å². The zero-order chi connectivity index (χ0) is 13.0. The van der Waals surface area contributed by atoms with Gasteiger partial charge in [-0.3, -0.25) is 20.2 Å². The normalized spacial score (nSPS) is 10.5. The van der Waals surface area contributed by atoms with E-state index in [-0.39, 0.29) is 22.7 Å². The van der Waals surface area contributed by atoms with Gasteiger partial charge in [-0.25, -0.2) is 0 Å². The van der Waals surface area contributed by atoms with Gasteiger partial charge in [0, 0.05) is 0 Å². The van der Waals surface area contributed by atoms with Crippen LogP contribution in [0.4, 0.5) is 11.4 Å². The molecule has 0 amide bonds. The maximum absolute atomic E-state index is 10.8. The molecule has 0 radical (unpaired) electrons. The number of hydrogen-bond donors (Lipinski definition) is 0. The van der Waals surface area contributed by atoms with E-state index in [9.17, 15) is 20.2 Å². The first-order valence-electron chi connectivity index (χ1n) is 4.64. The van der Waals surface area contributed by atoms with Crippen LogP contribution in [-0.4, -0.2) is 17.0 Å². The number of nitrogens with zero attached hydrogens (tertiary/aromatic N) is 2. The van der Waals surface area contributed by atoms with Crippen molar-refractivity contribution in [2.24, 2.45) is 0 Å². The molecule has 0 spiro atoms. The van der Waals surface area contributed by atoms with Crippen molar-refractivity contribution in [3.63, 3.8) is 0 Å². The third-order valence-electron chi connectivity index (χ3n) is 2.07. The molecule has 0 saturated heterocycles. The maximum atomic E-state index is 10.8. The fourth-order valence-electron chi connectivity index (χ4n) is 1.36. The molecule has 1 rings (SSSR count). The first kappa shape index (κ1) is 12.6. The van der Waals surface area contributed by atoms with Gasteiger partial charge in [0.2, 0.25) is 0 Å². The Bertz CT molecular complexity index is 460. The van der Waals surface area contributed by atoms with Crippen molar-refractivity contribution in [3.8, 4) is 5.75 Å². The molecule has 7 heteroatoms. The molecule has 0 heterocycles. The Morgan fingerprint density at radius 3 is 1.94 bits per heavy atom. The molecular weight excluding hydrogens is 228 g/mol. The SMILES string of the molecule is CC=Cc1c([N+](=O)[O-])cc(OC)cc1[N+](=O)[O-]. The summed E-state index contributed by atoms with van der Waals surface area (Å²) in [6.07, 6.45) is 2.83. The predicted octanol–water partition coefficient (Wildman–Crippen LogP) is 2.54. The molecule has 1 aromatic rings. The van der Waals surface area contributed by atoms with Crippen LogP contribution < -0.4 is 4.74 Å². The number of methoxy groups -OCH3 is 1. The number of nitro benzene ring substituents is 2. The van der Waals surface area contributed by atoms with Crippen molar-refractivity contribution >= 4 is 17.5 Å². The van der Waals surface area contributed by atoms with E-state index in [0.29, 0.717) is 0 Å². The summed E-state index contributed by atoms with van der Waals surface area (Å²) in [5, 5.41) is 21.7. The average Bonchev–Trinajstić information content (AvgIpc) is 2.28. The first-order chi connectivity index (χ1) is 8.01. The molecule has 0 aliphatic heterocycles. The van der Waals surface area contributed by atoms with E-state index in [4.69, 9.17) is 4.74 Å². The van der Waals surface area contributed by atoms with Crippen LogP contribution in [0.1, 0.15) is 12.5 Å². The Labute approximate surface area is 96.6 Å². The van der Waals surface area contributed by atoms with Crippen molar-refractivity contribution in [2.45, 2.75) is 6.92 Å². The van der Waals surface area contributed by atoms with Gasteiger partial charge in [0.15, 0.2) is 0 Å². The molecule has 0 unspecified atom stereocenters. The van der Waals surface area contributed by atoms with Crippen molar-refractivity contribution in [1.29, 1.82) is 0 Å². The van der Waals surface area contributed by atoms with E-state index >= 15 is 0 Å². The summed E-state index contributed by atoms with van der Waals surface area (Å²) in [6, 6.07) is 2.31. The Hall–Kier alpha value is -2.44. The van der Waals surface area contributed by atoms with Crippen LogP contribution >= 0.6 is 0 Å². The van der Waals surface area contributed by atoms with Gasteiger partial charge in [-0.2, -0.15) is 0 Å². The first-order valence-corrected chi connectivity index (χ1v) is 4.64. The van der Waals surface area contributed by atoms with Gasteiger partial charge in [0.25, 0.3) is 11.4 Å². The second kappa shape index (κ2) is 5.06. The smallest absolute Gasteiger partial charge is 0.287 e. The Balaban J connectivity index is 3.60. The summed E-state index contributed by atoms with van der Waals surface area (Å²) in [7, 11) is 1.29. The van der Waals surface area contributed by atoms with E-state index in [0.717, 1.165) is 12.1 Å². The highest BCUT2D eigenvalue weighted by Gasteiger charge is 2.24. The largest absolute Gasteiger partial charge is 0.496 e. The fraction of sp³-hybridized carbons (Fsp3) is 0.200. The molecule has 0 aromatic heterocycles. The van der Waals surface area contributed by atoms with Crippen LogP contribution in [0, 0.1) is 20.2 Å². The average molecular weight is 238 g/mol. The number of ether oxygens (including phenoxy) is 1. The van der Waals surface area contributed by atoms with Crippen molar-refractivity contribution in [1.82, 2.24) is 0 Å². The van der Waals surface area contributed by atoms with Gasteiger partial charge in [-0.15, -0.1) is 0 Å². The van der Waals surface area contributed by atoms with Gasteiger partial charge in [0.1, 0.15) is 11.3 Å². The summed E-state index contributed by atoms with van der Waals surface area (Å²) in [4.78, 5) is 20.3. The topological polar surface area (TPSA) is 95.5 Å². The third-order valence-corrected chi connectivity index (χ3v) is 2.07. The zero-order valence-electron chi connectivity index (χ0n) is 9.25. The van der Waals surface area contributed by atoms with Crippen LogP contribution in [0.3, 0.4) is 0 Å². The number of rotatable bonds is 4. The van der Waals surface area contributed by atoms with Gasteiger partial charge >= 0.3 is 0 Å². The summed E-state index contributed by atoms with van der Waals surface area (Å²) in [5.74, 6) is 0.0802. The molecule has 90 valence electrons. The molecular formula is C10H10N2O5. The quantitative estimate of drug-likeness (QED) is 0.593. The summed E-state index contributed by atoms with van der Waals surface area (Å²) in [5.41, 5.74) is -0.744. The second-order valence-electron chi connectivity index (χ2n) is 3.09. The molecule has 1 aromatic carbocycles. The summed E-state index contributed by atoms with van der Waals surface area (Å²) in [6.45, 7) is 1.62. The highest BCUT2D eigenvalue weighted by Crippen LogP contribution is 2.34. The molecule has 0 aliphatic carbocycles. The second-order valence-corrected chi connectivity index (χ2v) is 3.09. The maximum Gasteiger partial charge on any atom is 0.287 e. The number of hydrogen-bond acceptors (Lipinski definition) is 5. The highest BCUT2D eigenvalue weighted by atomic mass is 16.6. The van der Waals surface area contributed by atoms with E-state index in [1.807, 2.05) is 0 Å². The minimum Gasteiger partial charge on any atom is -0.496 e. The predicted molar refractivity (Wildman–Crippen MR) is 61.0 cm³/mol. The van der Waals surface area contributed by atoms with Crippen molar-refractivity contribution < 1.29 is 14.6 Å². The van der Waals surface area contributed by atoms with E-state index in [1.165, 1.54) is 19.3 Å². The third kappa shape index (κ3) is 2.57. The molecule has 7 nitrogen and oxygen atoms in total. The molecule has 0 N–H and O–H groups in total. The lowest BCUT2D eigenvalue weighted by atomic mass is 10.1. The van der Waals surface area contributed by atoms with Crippen LogP contribution in [0.2, 0.25) is 0 Å². The van der Waals surface area contributed by atoms with Gasteiger partial charge < -0.3 is 4.74 Å².